The van der Waals surface area contributed by atoms with Crippen molar-refractivity contribution in [3.63, 3.8) is 0 Å². The number of carbonyl (C=O) groups is 2. The zero-order chi connectivity index (χ0) is 15.5. The summed E-state index contributed by atoms with van der Waals surface area (Å²) in [4.78, 5) is 30.5. The average Bonchev–Trinajstić information content (AvgIpc) is 3.08. The second kappa shape index (κ2) is 6.35. The SMILES string of the molecule is COC(=O)N1CCC(NC(=O)Cc2cn3ccsc3n2)CC1. The van der Waals surface area contributed by atoms with Crippen LogP contribution >= 0.6 is 11.3 Å². The Morgan fingerprint density at radius 2 is 2.23 bits per heavy atom. The highest BCUT2D eigenvalue weighted by atomic mass is 32.1. The molecule has 1 N–H and O–H groups in total. The van der Waals surface area contributed by atoms with Gasteiger partial charge >= 0.3 is 6.09 Å². The Bertz CT molecular complexity index is 644. The molecule has 3 heterocycles. The monoisotopic (exact) mass is 322 g/mol. The first kappa shape index (κ1) is 14.8. The first-order chi connectivity index (χ1) is 10.7. The van der Waals surface area contributed by atoms with Crippen LogP contribution in [0.3, 0.4) is 0 Å². The average molecular weight is 322 g/mol. The van der Waals surface area contributed by atoms with E-state index >= 15 is 0 Å². The Balaban J connectivity index is 1.48. The quantitative estimate of drug-likeness (QED) is 0.924. The van der Waals surface area contributed by atoms with Gasteiger partial charge in [0.05, 0.1) is 19.2 Å². The fraction of sp³-hybridized carbons (Fsp3) is 0.500. The smallest absolute Gasteiger partial charge is 0.409 e. The molecule has 0 atom stereocenters. The summed E-state index contributed by atoms with van der Waals surface area (Å²) < 4.78 is 6.62. The third kappa shape index (κ3) is 3.22. The van der Waals surface area contributed by atoms with Crippen LogP contribution in [0.5, 0.6) is 0 Å². The molecule has 0 aromatic carbocycles. The van der Waals surface area contributed by atoms with E-state index in [2.05, 4.69) is 10.3 Å². The molecule has 1 aliphatic heterocycles. The number of nitrogens with zero attached hydrogens (tertiary/aromatic N) is 3. The van der Waals surface area contributed by atoms with Gasteiger partial charge in [0.1, 0.15) is 0 Å². The first-order valence-electron chi connectivity index (χ1n) is 7.19. The van der Waals surface area contributed by atoms with Gasteiger partial charge in [0, 0.05) is 36.9 Å². The molecule has 22 heavy (non-hydrogen) atoms. The third-order valence-electron chi connectivity index (χ3n) is 3.78. The molecular formula is C14H18N4O3S. The lowest BCUT2D eigenvalue weighted by atomic mass is 10.1. The fourth-order valence-electron chi connectivity index (χ4n) is 2.64. The summed E-state index contributed by atoms with van der Waals surface area (Å²) in [5.74, 6) is -0.0257. The molecule has 0 spiro atoms. The van der Waals surface area contributed by atoms with Gasteiger partial charge in [-0.1, -0.05) is 0 Å². The molecule has 8 heteroatoms. The van der Waals surface area contributed by atoms with Crippen molar-refractivity contribution in [2.24, 2.45) is 0 Å². The van der Waals surface area contributed by atoms with Crippen molar-refractivity contribution in [2.45, 2.75) is 25.3 Å². The van der Waals surface area contributed by atoms with Crippen molar-refractivity contribution in [2.75, 3.05) is 20.2 Å². The second-order valence-electron chi connectivity index (χ2n) is 5.30. The van der Waals surface area contributed by atoms with E-state index in [0.29, 0.717) is 13.1 Å². The van der Waals surface area contributed by atoms with Crippen LogP contribution in [0.1, 0.15) is 18.5 Å². The molecule has 0 aliphatic carbocycles. The van der Waals surface area contributed by atoms with Gasteiger partial charge in [-0.3, -0.25) is 9.20 Å². The van der Waals surface area contributed by atoms with Crippen LogP contribution in [0.15, 0.2) is 17.8 Å². The van der Waals surface area contributed by atoms with Gasteiger partial charge in [0.25, 0.3) is 0 Å². The van der Waals surface area contributed by atoms with Gasteiger partial charge in [0.2, 0.25) is 5.91 Å². The number of piperidine rings is 1. The molecule has 118 valence electrons. The molecule has 0 radical (unpaired) electrons. The summed E-state index contributed by atoms with van der Waals surface area (Å²) >= 11 is 1.55. The number of nitrogens with one attached hydrogen (secondary N) is 1. The molecule has 1 saturated heterocycles. The highest BCUT2D eigenvalue weighted by Gasteiger charge is 2.24. The molecule has 3 rings (SSSR count). The normalized spacial score (nSPS) is 16.0. The van der Waals surface area contributed by atoms with Crippen LogP contribution in [0.2, 0.25) is 0 Å². The minimum atomic E-state index is -0.303. The zero-order valence-electron chi connectivity index (χ0n) is 12.3. The lowest BCUT2D eigenvalue weighted by Crippen LogP contribution is -2.46. The minimum absolute atomic E-state index is 0.0257. The number of hydrogen-bond donors (Lipinski definition) is 1. The topological polar surface area (TPSA) is 75.9 Å². The van der Waals surface area contributed by atoms with Crippen LogP contribution in [0, 0.1) is 0 Å². The van der Waals surface area contributed by atoms with Crippen LogP contribution in [0.4, 0.5) is 4.79 Å². The molecular weight excluding hydrogens is 304 g/mol. The number of ether oxygens (including phenoxy) is 1. The van der Waals surface area contributed by atoms with E-state index in [0.717, 1.165) is 23.5 Å². The summed E-state index contributed by atoms with van der Waals surface area (Å²) in [6.07, 6.45) is 5.29. The van der Waals surface area contributed by atoms with Gasteiger partial charge < -0.3 is 15.0 Å². The summed E-state index contributed by atoms with van der Waals surface area (Å²) in [5, 5.41) is 4.98. The first-order valence-corrected chi connectivity index (χ1v) is 8.07. The fourth-order valence-corrected chi connectivity index (χ4v) is 3.36. The number of hydrogen-bond acceptors (Lipinski definition) is 5. The number of likely N-dealkylation sites (tertiary alicyclic amines) is 1. The Morgan fingerprint density at radius 3 is 2.91 bits per heavy atom. The Kier molecular flexibility index (Phi) is 4.28. The van der Waals surface area contributed by atoms with Crippen LogP contribution in [-0.4, -0.2) is 52.5 Å². The number of amides is 2. The van der Waals surface area contributed by atoms with Crippen molar-refractivity contribution in [3.8, 4) is 0 Å². The third-order valence-corrected chi connectivity index (χ3v) is 4.55. The van der Waals surface area contributed by atoms with E-state index in [-0.39, 0.29) is 24.5 Å². The minimum Gasteiger partial charge on any atom is -0.453 e. The maximum atomic E-state index is 12.1. The lowest BCUT2D eigenvalue weighted by Gasteiger charge is -2.31. The molecule has 0 saturated carbocycles. The molecule has 1 fully saturated rings. The summed E-state index contributed by atoms with van der Waals surface area (Å²) in [7, 11) is 1.38. The summed E-state index contributed by atoms with van der Waals surface area (Å²) in [5.41, 5.74) is 0.774. The van der Waals surface area contributed by atoms with E-state index in [4.69, 9.17) is 4.74 Å². The molecule has 2 aromatic rings. The lowest BCUT2D eigenvalue weighted by molar-refractivity contribution is -0.121. The Labute approximate surface area is 131 Å². The van der Waals surface area contributed by atoms with Crippen molar-refractivity contribution in [3.05, 3.63) is 23.5 Å². The largest absolute Gasteiger partial charge is 0.453 e. The van der Waals surface area contributed by atoms with E-state index in [9.17, 15) is 9.59 Å². The molecule has 7 nitrogen and oxygen atoms in total. The summed E-state index contributed by atoms with van der Waals surface area (Å²) in [6, 6.07) is 0.108. The number of rotatable bonds is 3. The number of thiazole rings is 1. The molecule has 1 aliphatic rings. The van der Waals surface area contributed by atoms with Gasteiger partial charge in [0.15, 0.2) is 4.96 Å². The summed E-state index contributed by atoms with van der Waals surface area (Å²) in [6.45, 7) is 1.22. The van der Waals surface area contributed by atoms with Crippen LogP contribution in [-0.2, 0) is 16.0 Å². The Hall–Kier alpha value is -2.09. The Morgan fingerprint density at radius 1 is 1.45 bits per heavy atom. The number of carbonyl (C=O) groups excluding carboxylic acids is 2. The van der Waals surface area contributed by atoms with E-state index in [1.807, 2.05) is 22.2 Å². The zero-order valence-corrected chi connectivity index (χ0v) is 13.1. The highest BCUT2D eigenvalue weighted by Crippen LogP contribution is 2.13. The standard InChI is InChI=1S/C14H18N4O3S/c1-21-14(20)17-4-2-10(3-5-17)15-12(19)8-11-9-18-6-7-22-13(18)16-11/h6-7,9-10H,2-5,8H2,1H3,(H,15,19). The second-order valence-corrected chi connectivity index (χ2v) is 6.17. The molecule has 2 amide bonds. The van der Waals surface area contributed by atoms with Crippen LogP contribution < -0.4 is 5.32 Å². The maximum absolute atomic E-state index is 12.1. The van der Waals surface area contributed by atoms with E-state index < -0.39 is 0 Å². The maximum Gasteiger partial charge on any atom is 0.409 e. The number of methoxy groups -OCH3 is 1. The van der Waals surface area contributed by atoms with E-state index in [1.165, 1.54) is 7.11 Å². The van der Waals surface area contributed by atoms with Crippen molar-refractivity contribution < 1.29 is 14.3 Å². The van der Waals surface area contributed by atoms with Gasteiger partial charge in [-0.25, -0.2) is 9.78 Å². The van der Waals surface area contributed by atoms with Crippen molar-refractivity contribution in [1.82, 2.24) is 19.6 Å². The predicted molar refractivity (Wildman–Crippen MR) is 81.9 cm³/mol. The van der Waals surface area contributed by atoms with Crippen molar-refractivity contribution in [1.29, 1.82) is 0 Å². The van der Waals surface area contributed by atoms with Gasteiger partial charge in [-0.05, 0) is 12.8 Å². The molecule has 0 unspecified atom stereocenters. The van der Waals surface area contributed by atoms with Crippen LogP contribution in [0.25, 0.3) is 4.96 Å². The number of imidazole rings is 1. The van der Waals surface area contributed by atoms with Gasteiger partial charge in [-0.15, -0.1) is 11.3 Å². The molecule has 2 aromatic heterocycles. The highest BCUT2D eigenvalue weighted by molar-refractivity contribution is 7.15. The van der Waals surface area contributed by atoms with E-state index in [1.54, 1.807) is 16.2 Å². The van der Waals surface area contributed by atoms with Gasteiger partial charge in [-0.2, -0.15) is 0 Å². The molecule has 0 bridgehead atoms. The van der Waals surface area contributed by atoms with Crippen molar-refractivity contribution >= 4 is 28.3 Å². The number of aromatic nitrogens is 2. The predicted octanol–water partition coefficient (Wildman–Crippen LogP) is 1.29. The number of fused-ring (bicyclic) bond motifs is 1.